The van der Waals surface area contributed by atoms with Crippen molar-refractivity contribution in [1.82, 2.24) is 9.80 Å². The minimum atomic E-state index is -0.520. The summed E-state index contributed by atoms with van der Waals surface area (Å²) in [6.07, 6.45) is -0.330. The molecule has 1 aliphatic heterocycles. The highest BCUT2D eigenvalue weighted by Crippen LogP contribution is 2.19. The van der Waals surface area contributed by atoms with Crippen LogP contribution in [0.3, 0.4) is 0 Å². The van der Waals surface area contributed by atoms with Crippen molar-refractivity contribution in [3.63, 3.8) is 0 Å². The van der Waals surface area contributed by atoms with Crippen molar-refractivity contribution in [2.75, 3.05) is 26.2 Å². The molecule has 3 rings (SSSR count). The first-order chi connectivity index (χ1) is 13.3. The third kappa shape index (κ3) is 5.48. The Balaban J connectivity index is 1.55. The van der Waals surface area contributed by atoms with E-state index in [0.717, 1.165) is 4.88 Å². The molecule has 1 aromatic heterocycles. The van der Waals surface area contributed by atoms with E-state index in [4.69, 9.17) is 9.47 Å². The lowest BCUT2D eigenvalue weighted by atomic mass is 10.1. The van der Waals surface area contributed by atoms with Gasteiger partial charge in [-0.25, -0.2) is 4.79 Å². The highest BCUT2D eigenvalue weighted by molar-refractivity contribution is 7.09. The predicted octanol–water partition coefficient (Wildman–Crippen LogP) is 4.02. The molecule has 0 aliphatic carbocycles. The fourth-order valence-corrected chi connectivity index (χ4v) is 3.49. The predicted molar refractivity (Wildman–Crippen MR) is 109 cm³/mol. The summed E-state index contributed by atoms with van der Waals surface area (Å²) >= 11 is 1.64. The number of benzene rings is 1. The minimum Gasteiger partial charge on any atom is -0.488 e. The molecule has 2 aromatic rings. The number of carbonyl (C=O) groups excluding carboxylic acids is 2. The molecule has 0 atom stereocenters. The molecule has 0 spiro atoms. The molecule has 0 radical (unpaired) electrons. The molecule has 0 saturated carbocycles. The van der Waals surface area contributed by atoms with Crippen LogP contribution in [0, 0.1) is 0 Å². The van der Waals surface area contributed by atoms with Crippen LogP contribution in [0.2, 0.25) is 0 Å². The molecule has 0 bridgehead atoms. The van der Waals surface area contributed by atoms with Gasteiger partial charge in [0.15, 0.2) is 0 Å². The van der Waals surface area contributed by atoms with Crippen molar-refractivity contribution < 1.29 is 19.1 Å². The standard InChI is InChI=1S/C21H26N2O4S/c1-21(2,3)27-20(25)23-11-9-22(10-12-23)19(24)16-6-4-7-17(14-16)26-15-18-8-5-13-28-18/h4-8,13-14H,9-12,15H2,1-3H3. The zero-order chi connectivity index (χ0) is 20.1. The number of hydrogen-bond acceptors (Lipinski definition) is 5. The summed E-state index contributed by atoms with van der Waals surface area (Å²) in [6, 6.07) is 11.2. The Kier molecular flexibility index (Phi) is 6.24. The Morgan fingerprint density at radius 2 is 1.75 bits per heavy atom. The second-order valence-corrected chi connectivity index (χ2v) is 8.69. The Bertz CT molecular complexity index is 806. The van der Waals surface area contributed by atoms with E-state index >= 15 is 0 Å². The number of nitrogens with zero attached hydrogens (tertiary/aromatic N) is 2. The normalized spacial score (nSPS) is 14.7. The zero-order valence-electron chi connectivity index (χ0n) is 16.5. The van der Waals surface area contributed by atoms with E-state index in [1.807, 2.05) is 50.4 Å². The highest BCUT2D eigenvalue weighted by Gasteiger charge is 2.28. The lowest BCUT2D eigenvalue weighted by Gasteiger charge is -2.35. The second-order valence-electron chi connectivity index (χ2n) is 7.66. The quantitative estimate of drug-likeness (QED) is 0.775. The van der Waals surface area contributed by atoms with Crippen LogP contribution in [0.4, 0.5) is 4.79 Å². The van der Waals surface area contributed by atoms with E-state index in [-0.39, 0.29) is 12.0 Å². The van der Waals surface area contributed by atoms with Crippen molar-refractivity contribution in [1.29, 1.82) is 0 Å². The smallest absolute Gasteiger partial charge is 0.410 e. The molecule has 7 heteroatoms. The zero-order valence-corrected chi connectivity index (χ0v) is 17.3. The van der Waals surface area contributed by atoms with Crippen LogP contribution in [-0.4, -0.2) is 53.6 Å². The summed E-state index contributed by atoms with van der Waals surface area (Å²) < 4.78 is 11.2. The van der Waals surface area contributed by atoms with E-state index < -0.39 is 5.60 Å². The molecule has 2 amide bonds. The Morgan fingerprint density at radius 1 is 1.04 bits per heavy atom. The van der Waals surface area contributed by atoms with Crippen molar-refractivity contribution in [2.24, 2.45) is 0 Å². The monoisotopic (exact) mass is 402 g/mol. The maximum Gasteiger partial charge on any atom is 0.410 e. The van der Waals surface area contributed by atoms with Crippen LogP contribution in [-0.2, 0) is 11.3 Å². The molecule has 1 fully saturated rings. The number of rotatable bonds is 4. The fraction of sp³-hybridized carbons (Fsp3) is 0.429. The van der Waals surface area contributed by atoms with Crippen LogP contribution < -0.4 is 4.74 Å². The average molecular weight is 403 g/mol. The number of ether oxygens (including phenoxy) is 2. The minimum absolute atomic E-state index is 0.0505. The third-order valence-corrected chi connectivity index (χ3v) is 5.11. The molecule has 150 valence electrons. The summed E-state index contributed by atoms with van der Waals surface area (Å²) in [7, 11) is 0. The molecule has 2 heterocycles. The molecule has 1 aromatic carbocycles. The second kappa shape index (κ2) is 8.65. The Hall–Kier alpha value is -2.54. The van der Waals surface area contributed by atoms with Crippen LogP contribution in [0.25, 0.3) is 0 Å². The lowest BCUT2D eigenvalue weighted by molar-refractivity contribution is 0.0141. The van der Waals surface area contributed by atoms with Crippen molar-refractivity contribution in [3.8, 4) is 5.75 Å². The van der Waals surface area contributed by atoms with Gasteiger partial charge in [0, 0.05) is 36.6 Å². The summed E-state index contributed by atoms with van der Waals surface area (Å²) in [6.45, 7) is 7.93. The topological polar surface area (TPSA) is 59.1 Å². The Morgan fingerprint density at radius 3 is 2.39 bits per heavy atom. The number of piperazine rings is 1. The van der Waals surface area contributed by atoms with E-state index in [9.17, 15) is 9.59 Å². The lowest BCUT2D eigenvalue weighted by Crippen LogP contribution is -2.51. The molecule has 28 heavy (non-hydrogen) atoms. The van der Waals surface area contributed by atoms with E-state index in [1.54, 1.807) is 33.3 Å². The van der Waals surface area contributed by atoms with Gasteiger partial charge in [0.25, 0.3) is 5.91 Å². The van der Waals surface area contributed by atoms with Gasteiger partial charge < -0.3 is 19.3 Å². The average Bonchev–Trinajstić information content (AvgIpc) is 3.18. The van der Waals surface area contributed by atoms with Gasteiger partial charge in [-0.1, -0.05) is 12.1 Å². The van der Waals surface area contributed by atoms with Crippen molar-refractivity contribution in [2.45, 2.75) is 33.0 Å². The van der Waals surface area contributed by atoms with Crippen LogP contribution >= 0.6 is 11.3 Å². The van der Waals surface area contributed by atoms with Crippen LogP contribution in [0.5, 0.6) is 5.75 Å². The van der Waals surface area contributed by atoms with Crippen LogP contribution in [0.1, 0.15) is 36.0 Å². The molecule has 1 saturated heterocycles. The number of amides is 2. The van der Waals surface area contributed by atoms with Gasteiger partial charge in [-0.2, -0.15) is 0 Å². The first-order valence-corrected chi connectivity index (χ1v) is 10.2. The maximum absolute atomic E-state index is 12.8. The first kappa shape index (κ1) is 20.2. The fourth-order valence-electron chi connectivity index (χ4n) is 2.87. The Labute approximate surface area is 169 Å². The maximum atomic E-state index is 12.8. The summed E-state index contributed by atoms with van der Waals surface area (Å²) in [5, 5.41) is 2.01. The largest absolute Gasteiger partial charge is 0.488 e. The van der Waals surface area contributed by atoms with E-state index in [2.05, 4.69) is 0 Å². The molecule has 0 unspecified atom stereocenters. The van der Waals surface area contributed by atoms with Gasteiger partial charge in [-0.15, -0.1) is 11.3 Å². The van der Waals surface area contributed by atoms with Crippen molar-refractivity contribution in [3.05, 3.63) is 52.2 Å². The van der Waals surface area contributed by atoms with Gasteiger partial charge in [-0.3, -0.25) is 4.79 Å². The van der Waals surface area contributed by atoms with Crippen molar-refractivity contribution >= 4 is 23.3 Å². The number of hydrogen-bond donors (Lipinski definition) is 0. The summed E-state index contributed by atoms with van der Waals surface area (Å²) in [5.74, 6) is 0.622. The molecule has 0 N–H and O–H groups in total. The van der Waals surface area contributed by atoms with Gasteiger partial charge in [-0.05, 0) is 50.4 Å². The van der Waals surface area contributed by atoms with Crippen LogP contribution in [0.15, 0.2) is 41.8 Å². The molecule has 6 nitrogen and oxygen atoms in total. The number of carbonyl (C=O) groups is 2. The SMILES string of the molecule is CC(C)(C)OC(=O)N1CCN(C(=O)c2cccc(OCc3cccs3)c2)CC1. The number of thiophene rings is 1. The van der Waals surface area contributed by atoms with Gasteiger partial charge in [0.05, 0.1) is 0 Å². The third-order valence-electron chi connectivity index (χ3n) is 4.26. The highest BCUT2D eigenvalue weighted by atomic mass is 32.1. The first-order valence-electron chi connectivity index (χ1n) is 9.34. The van der Waals surface area contributed by atoms with E-state index in [0.29, 0.717) is 44.1 Å². The molecular formula is C21H26N2O4S. The van der Waals surface area contributed by atoms with E-state index in [1.165, 1.54) is 0 Å². The summed E-state index contributed by atoms with van der Waals surface area (Å²) in [5.41, 5.74) is 0.0718. The molecule has 1 aliphatic rings. The van der Waals surface area contributed by atoms with Gasteiger partial charge in [0.1, 0.15) is 18.0 Å². The van der Waals surface area contributed by atoms with Gasteiger partial charge in [0.2, 0.25) is 0 Å². The summed E-state index contributed by atoms with van der Waals surface area (Å²) in [4.78, 5) is 29.5. The molecular weight excluding hydrogens is 376 g/mol. The van der Waals surface area contributed by atoms with Gasteiger partial charge >= 0.3 is 6.09 Å².